The van der Waals surface area contributed by atoms with Crippen LogP contribution in [0.1, 0.15) is 16.7 Å². The molecule has 0 saturated heterocycles. The molecule has 0 aliphatic rings. The van der Waals surface area contributed by atoms with E-state index in [9.17, 15) is 18.4 Å². The van der Waals surface area contributed by atoms with Crippen LogP contribution in [0.25, 0.3) is 28.0 Å². The quantitative estimate of drug-likeness (QED) is 0.123. The Morgan fingerprint density at radius 3 is 2.45 bits per heavy atom. The summed E-state index contributed by atoms with van der Waals surface area (Å²) < 4.78 is 35.2. The molecular weight excluding hydrogens is 599 g/mol. The highest BCUT2D eigenvalue weighted by atomic mass is 32.2. The van der Waals surface area contributed by atoms with Crippen LogP contribution < -0.4 is 15.0 Å². The van der Waals surface area contributed by atoms with Crippen molar-refractivity contribution in [2.24, 2.45) is 5.16 Å². The number of nitrogens with zero attached hydrogens (tertiary/aromatic N) is 4. The third-order valence-electron chi connectivity index (χ3n) is 7.03. The molecule has 0 aliphatic heterocycles. The predicted octanol–water partition coefficient (Wildman–Crippen LogP) is 5.85. The van der Waals surface area contributed by atoms with Gasteiger partial charge in [0.1, 0.15) is 17.3 Å². The molecule has 0 atom stereocenters. The van der Waals surface area contributed by atoms with Gasteiger partial charge in [-0.1, -0.05) is 41.6 Å². The Balaban J connectivity index is 1.53. The van der Waals surface area contributed by atoms with Crippen molar-refractivity contribution in [2.45, 2.75) is 11.8 Å². The van der Waals surface area contributed by atoms with Crippen molar-refractivity contribution < 1.29 is 18.4 Å². The maximum Gasteiger partial charge on any atom is 0.266 e. The largest absolute Gasteiger partial charge is 0.496 e. The number of thiazole rings is 1. The number of ether oxygens (including phenoxy) is 1. The Bertz CT molecular complexity index is 2190. The molecule has 0 aliphatic carbocycles. The van der Waals surface area contributed by atoms with Crippen LogP contribution in [0.2, 0.25) is 0 Å². The molecule has 220 valence electrons. The van der Waals surface area contributed by atoms with Crippen molar-refractivity contribution in [3.8, 4) is 22.8 Å². The minimum absolute atomic E-state index is 0.00442. The Kier molecular flexibility index (Phi) is 7.68. The van der Waals surface area contributed by atoms with Gasteiger partial charge in [-0.15, -0.1) is 11.3 Å². The van der Waals surface area contributed by atoms with Gasteiger partial charge in [0.25, 0.3) is 15.6 Å². The van der Waals surface area contributed by atoms with Crippen molar-refractivity contribution in [3.63, 3.8) is 0 Å². The van der Waals surface area contributed by atoms with Crippen LogP contribution >= 0.6 is 11.3 Å². The number of sulfonamides is 1. The molecule has 0 fully saturated rings. The van der Waals surface area contributed by atoms with Gasteiger partial charge in [0.15, 0.2) is 5.13 Å². The molecule has 0 spiro atoms. The van der Waals surface area contributed by atoms with E-state index in [1.165, 1.54) is 22.9 Å². The van der Waals surface area contributed by atoms with Crippen molar-refractivity contribution >= 4 is 43.1 Å². The monoisotopic (exact) mass is 623 g/mol. The first-order chi connectivity index (χ1) is 21.3. The highest BCUT2D eigenvalue weighted by molar-refractivity contribution is 7.93. The summed E-state index contributed by atoms with van der Waals surface area (Å²) in [7, 11) is -2.32. The van der Waals surface area contributed by atoms with E-state index in [0.29, 0.717) is 39.0 Å². The van der Waals surface area contributed by atoms with E-state index in [1.54, 1.807) is 85.3 Å². The second kappa shape index (κ2) is 11.7. The minimum atomic E-state index is -3.91. The molecule has 6 aromatic rings. The molecule has 12 heteroatoms. The molecule has 0 unspecified atom stereocenters. The standard InChI is InChI=1S/C32H25N5O5S2/c1-20-19-21(11-16-28(20)42-2)29(35-39)24-7-3-4-8-25(24)30-34-27-10-6-5-9-26(27)31(38)37(30)22-12-14-23(15-13-22)44(40,41)36-32-33-17-18-43-32/h3-19,39H,1-2H3,(H,33,36)/b35-29-. The molecule has 2 aromatic heterocycles. The molecule has 2 heterocycles. The average Bonchev–Trinajstić information content (AvgIpc) is 3.54. The van der Waals surface area contributed by atoms with Crippen LogP contribution in [0.4, 0.5) is 5.13 Å². The highest BCUT2D eigenvalue weighted by Crippen LogP contribution is 2.29. The number of oxime groups is 1. The van der Waals surface area contributed by atoms with E-state index in [-0.39, 0.29) is 27.1 Å². The summed E-state index contributed by atoms with van der Waals surface area (Å²) in [5, 5.41) is 16.2. The third-order valence-corrected chi connectivity index (χ3v) is 9.20. The number of rotatable bonds is 8. The number of nitrogens with one attached hydrogen (secondary N) is 1. The van der Waals surface area contributed by atoms with Crippen molar-refractivity contribution in [1.29, 1.82) is 0 Å². The summed E-state index contributed by atoms with van der Waals surface area (Å²) >= 11 is 1.16. The number of methoxy groups -OCH3 is 1. The van der Waals surface area contributed by atoms with Gasteiger partial charge in [-0.05, 0) is 67.1 Å². The van der Waals surface area contributed by atoms with Crippen LogP contribution in [0.15, 0.2) is 117 Å². The molecule has 0 radical (unpaired) electrons. The Morgan fingerprint density at radius 1 is 1.00 bits per heavy atom. The first-order valence-electron chi connectivity index (χ1n) is 13.3. The fourth-order valence-electron chi connectivity index (χ4n) is 4.95. The number of aromatic nitrogens is 3. The van der Waals surface area contributed by atoms with Gasteiger partial charge < -0.3 is 9.94 Å². The van der Waals surface area contributed by atoms with E-state index < -0.39 is 10.0 Å². The van der Waals surface area contributed by atoms with Crippen LogP contribution in [0.3, 0.4) is 0 Å². The number of hydrogen-bond donors (Lipinski definition) is 2. The number of anilines is 1. The van der Waals surface area contributed by atoms with Gasteiger partial charge in [-0.25, -0.2) is 18.4 Å². The first-order valence-corrected chi connectivity index (χ1v) is 15.7. The van der Waals surface area contributed by atoms with E-state index in [4.69, 9.17) is 9.72 Å². The van der Waals surface area contributed by atoms with Crippen molar-refractivity contribution in [3.05, 3.63) is 130 Å². The normalized spacial score (nSPS) is 11.9. The smallest absolute Gasteiger partial charge is 0.266 e. The topological polar surface area (TPSA) is 136 Å². The zero-order chi connectivity index (χ0) is 30.8. The van der Waals surface area contributed by atoms with Crippen LogP contribution in [0, 0.1) is 6.92 Å². The predicted molar refractivity (Wildman–Crippen MR) is 171 cm³/mol. The Labute approximate surface area is 256 Å². The van der Waals surface area contributed by atoms with E-state index in [2.05, 4.69) is 14.9 Å². The maximum absolute atomic E-state index is 14.0. The lowest BCUT2D eigenvalue weighted by Gasteiger charge is -2.18. The summed E-state index contributed by atoms with van der Waals surface area (Å²) in [6, 6.07) is 25.6. The summed E-state index contributed by atoms with van der Waals surface area (Å²) in [6.07, 6.45) is 1.51. The van der Waals surface area contributed by atoms with Gasteiger partial charge in [-0.2, -0.15) is 0 Å². The zero-order valence-corrected chi connectivity index (χ0v) is 25.1. The second-order valence-corrected chi connectivity index (χ2v) is 12.3. The third kappa shape index (κ3) is 5.32. The van der Waals surface area contributed by atoms with Crippen molar-refractivity contribution in [2.75, 3.05) is 11.8 Å². The number of para-hydroxylation sites is 1. The number of benzene rings is 4. The molecule has 0 bridgehead atoms. The lowest BCUT2D eigenvalue weighted by Crippen LogP contribution is -2.23. The summed E-state index contributed by atoms with van der Waals surface area (Å²) in [5.74, 6) is 0.976. The van der Waals surface area contributed by atoms with E-state index in [0.717, 1.165) is 16.9 Å². The highest BCUT2D eigenvalue weighted by Gasteiger charge is 2.22. The number of fused-ring (bicyclic) bond motifs is 1. The summed E-state index contributed by atoms with van der Waals surface area (Å²) in [6.45, 7) is 1.89. The molecule has 10 nitrogen and oxygen atoms in total. The van der Waals surface area contributed by atoms with Gasteiger partial charge >= 0.3 is 0 Å². The van der Waals surface area contributed by atoms with Crippen molar-refractivity contribution in [1.82, 2.24) is 14.5 Å². The molecule has 0 amide bonds. The summed E-state index contributed by atoms with van der Waals surface area (Å²) in [4.78, 5) is 22.9. The maximum atomic E-state index is 14.0. The molecule has 44 heavy (non-hydrogen) atoms. The van der Waals surface area contributed by atoms with E-state index >= 15 is 0 Å². The fraction of sp³-hybridized carbons (Fsp3) is 0.0625. The molecule has 2 N–H and O–H groups in total. The van der Waals surface area contributed by atoms with Gasteiger partial charge in [0.2, 0.25) is 0 Å². The molecular formula is C32H25N5O5S2. The van der Waals surface area contributed by atoms with E-state index in [1.807, 2.05) is 13.0 Å². The SMILES string of the molecule is COc1ccc(/C(=N/O)c2ccccc2-c2nc3ccccc3c(=O)n2-c2ccc(S(=O)(=O)Nc3nccs3)cc2)cc1C. The van der Waals surface area contributed by atoms with Gasteiger partial charge in [0, 0.05) is 28.3 Å². The zero-order valence-electron chi connectivity index (χ0n) is 23.5. The fourth-order valence-corrected chi connectivity index (χ4v) is 6.74. The van der Waals surface area contributed by atoms with Gasteiger partial charge in [0.05, 0.1) is 28.6 Å². The summed E-state index contributed by atoms with van der Waals surface area (Å²) in [5.41, 5.74) is 3.34. The second-order valence-electron chi connectivity index (χ2n) is 9.71. The number of aryl methyl sites for hydroxylation is 1. The van der Waals surface area contributed by atoms with Crippen LogP contribution in [0.5, 0.6) is 5.75 Å². The molecule has 4 aromatic carbocycles. The number of hydrogen-bond acceptors (Lipinski definition) is 9. The Hall–Kier alpha value is -5.33. The van der Waals surface area contributed by atoms with Crippen LogP contribution in [-0.2, 0) is 10.0 Å². The Morgan fingerprint density at radius 2 is 1.75 bits per heavy atom. The lowest BCUT2D eigenvalue weighted by molar-refractivity contribution is 0.319. The molecule has 0 saturated carbocycles. The first kappa shape index (κ1) is 28.8. The minimum Gasteiger partial charge on any atom is -0.496 e. The van der Waals surface area contributed by atoms with Crippen LogP contribution in [-0.4, -0.2) is 41.0 Å². The lowest BCUT2D eigenvalue weighted by atomic mass is 9.95. The van der Waals surface area contributed by atoms with Gasteiger partial charge in [-0.3, -0.25) is 14.1 Å². The average molecular weight is 624 g/mol. The molecule has 6 rings (SSSR count).